The fourth-order valence-corrected chi connectivity index (χ4v) is 3.46. The third kappa shape index (κ3) is 13.8. The lowest BCUT2D eigenvalue weighted by Crippen LogP contribution is -2.26. The lowest BCUT2D eigenvalue weighted by Gasteiger charge is -2.22. The molecule has 0 bridgehead atoms. The largest absolute Gasteiger partial charge is 0.481 e. The van der Waals surface area contributed by atoms with Gasteiger partial charge in [-0.2, -0.15) is 0 Å². The molecule has 0 aliphatic rings. The molecule has 0 spiro atoms. The average molecular weight is 563 g/mol. The Bertz CT molecular complexity index is 1100. The Morgan fingerprint density at radius 1 is 0.744 bits per heavy atom. The minimum Gasteiger partial charge on any atom is -0.481 e. The summed E-state index contributed by atoms with van der Waals surface area (Å²) in [5.41, 5.74) is 0.868. The number of carbonyl (C=O) groups excluding carboxylic acids is 2. The molecule has 2 atom stereocenters. The summed E-state index contributed by atoms with van der Waals surface area (Å²) in [6.07, 6.45) is -0.484. The van der Waals surface area contributed by atoms with Gasteiger partial charge in [0, 0.05) is 5.02 Å². The Morgan fingerprint density at radius 2 is 1.26 bits per heavy atom. The van der Waals surface area contributed by atoms with Crippen LogP contribution >= 0.6 is 11.6 Å². The Morgan fingerprint density at radius 3 is 1.74 bits per heavy atom. The first kappa shape index (κ1) is 33.6. The number of carboxylic acids is 2. The van der Waals surface area contributed by atoms with Gasteiger partial charge in [0.1, 0.15) is 0 Å². The van der Waals surface area contributed by atoms with E-state index >= 15 is 0 Å². The molecule has 0 saturated carbocycles. The third-order valence-electron chi connectivity index (χ3n) is 5.13. The molecule has 39 heavy (non-hydrogen) atoms. The molecule has 0 aliphatic heterocycles. The highest BCUT2D eigenvalue weighted by Crippen LogP contribution is 2.27. The van der Waals surface area contributed by atoms with E-state index in [2.05, 4.69) is 0 Å². The number of aliphatic carboxylic acids is 2. The zero-order chi connectivity index (χ0) is 29.8. The smallest absolute Gasteiger partial charge is 0.314 e. The molecule has 0 saturated heterocycles. The normalized spacial score (nSPS) is 12.8. The first-order chi connectivity index (χ1) is 18.0. The number of hydrogen-bond donors (Lipinski definition) is 2. The van der Waals surface area contributed by atoms with Gasteiger partial charge in [-0.1, -0.05) is 102 Å². The van der Waals surface area contributed by atoms with E-state index in [4.69, 9.17) is 31.3 Å². The Balaban J connectivity index is 0.000000434. The summed E-state index contributed by atoms with van der Waals surface area (Å²) in [4.78, 5) is 46.0. The lowest BCUT2D eigenvalue weighted by molar-refractivity contribution is -0.155. The van der Waals surface area contributed by atoms with E-state index in [-0.39, 0.29) is 34.2 Å². The van der Waals surface area contributed by atoms with Crippen LogP contribution in [-0.2, 0) is 28.7 Å². The van der Waals surface area contributed by atoms with Crippen molar-refractivity contribution in [2.75, 3.05) is 13.2 Å². The Kier molecular flexibility index (Phi) is 13.2. The lowest BCUT2D eigenvalue weighted by atomic mass is 9.95. The molecule has 0 fully saturated rings. The zero-order valence-electron chi connectivity index (χ0n) is 23.4. The molecular formula is C30H39ClO8. The van der Waals surface area contributed by atoms with Gasteiger partial charge in [0.25, 0.3) is 0 Å². The summed E-state index contributed by atoms with van der Waals surface area (Å²) in [6, 6.07) is 15.6. The molecule has 2 unspecified atom stereocenters. The van der Waals surface area contributed by atoms with Crippen LogP contribution in [0.5, 0.6) is 0 Å². The zero-order valence-corrected chi connectivity index (χ0v) is 24.2. The fourth-order valence-electron chi connectivity index (χ4n) is 3.20. The van der Waals surface area contributed by atoms with Crippen molar-refractivity contribution in [3.05, 3.63) is 70.7 Å². The molecule has 8 nitrogen and oxygen atoms in total. The number of benzene rings is 2. The van der Waals surface area contributed by atoms with Gasteiger partial charge in [-0.25, -0.2) is 0 Å². The van der Waals surface area contributed by atoms with Crippen molar-refractivity contribution in [2.24, 2.45) is 10.8 Å². The second-order valence-corrected chi connectivity index (χ2v) is 12.0. The van der Waals surface area contributed by atoms with E-state index in [1.54, 1.807) is 12.1 Å². The van der Waals surface area contributed by atoms with E-state index in [1.165, 1.54) is 12.1 Å². The quantitative estimate of drug-likeness (QED) is 0.322. The number of carboxylic acid groups (broad SMARTS) is 2. The molecule has 2 N–H and O–H groups in total. The Labute approximate surface area is 235 Å². The van der Waals surface area contributed by atoms with Gasteiger partial charge in [0.2, 0.25) is 0 Å². The summed E-state index contributed by atoms with van der Waals surface area (Å²) in [6.45, 7) is 12.6. The minimum atomic E-state index is -1.19. The number of rotatable bonds is 10. The van der Waals surface area contributed by atoms with Crippen LogP contribution in [0.3, 0.4) is 0 Å². The summed E-state index contributed by atoms with van der Waals surface area (Å²) >= 11 is 5.79. The highest BCUT2D eigenvalue weighted by Gasteiger charge is 2.28. The number of esters is 2. The number of ether oxygens (including phenoxy) is 2. The summed E-state index contributed by atoms with van der Waals surface area (Å²) in [5, 5.41) is 17.7. The molecule has 0 heterocycles. The molecule has 0 aromatic heterocycles. The van der Waals surface area contributed by atoms with E-state index in [1.807, 2.05) is 71.9 Å². The molecule has 9 heteroatoms. The van der Waals surface area contributed by atoms with Gasteiger partial charge in [-0.3, -0.25) is 19.2 Å². The van der Waals surface area contributed by atoms with Gasteiger partial charge < -0.3 is 19.7 Å². The van der Waals surface area contributed by atoms with E-state index in [9.17, 15) is 19.2 Å². The van der Waals surface area contributed by atoms with Crippen LogP contribution < -0.4 is 0 Å². The van der Waals surface area contributed by atoms with E-state index in [0.29, 0.717) is 18.8 Å². The van der Waals surface area contributed by atoms with Gasteiger partial charge in [0.05, 0.1) is 37.9 Å². The van der Waals surface area contributed by atoms with Crippen molar-refractivity contribution in [2.45, 2.75) is 66.2 Å². The molecule has 0 aliphatic carbocycles. The van der Waals surface area contributed by atoms with Crippen LogP contribution in [0.4, 0.5) is 0 Å². The minimum absolute atomic E-state index is 0.0108. The van der Waals surface area contributed by atoms with Crippen LogP contribution in [-0.4, -0.2) is 47.3 Å². The third-order valence-corrected chi connectivity index (χ3v) is 5.47. The van der Waals surface area contributed by atoms with Crippen LogP contribution in [0, 0.1) is 10.8 Å². The molecule has 214 valence electrons. The average Bonchev–Trinajstić information content (AvgIpc) is 2.83. The van der Waals surface area contributed by atoms with Gasteiger partial charge in [-0.15, -0.1) is 0 Å². The predicted molar refractivity (Wildman–Crippen MR) is 149 cm³/mol. The first-order valence-electron chi connectivity index (χ1n) is 12.6. The summed E-state index contributed by atoms with van der Waals surface area (Å²) in [5.74, 6) is -4.86. The van der Waals surface area contributed by atoms with Crippen molar-refractivity contribution < 1.29 is 38.9 Å². The van der Waals surface area contributed by atoms with Crippen molar-refractivity contribution >= 4 is 35.5 Å². The summed E-state index contributed by atoms with van der Waals surface area (Å²) < 4.78 is 10.7. The second-order valence-electron chi connectivity index (χ2n) is 11.6. The van der Waals surface area contributed by atoms with Crippen molar-refractivity contribution in [1.82, 2.24) is 0 Å². The highest BCUT2D eigenvalue weighted by molar-refractivity contribution is 6.31. The molecule has 0 amide bonds. The fraction of sp³-hybridized carbons (Fsp3) is 0.467. The SMILES string of the molecule is CC(C)(C)COC(=O)CC(C(=O)OCC(C)(C)C)c1ccccc1.O=C(O)CC(C(=O)O)c1ccccc1Cl. The molecule has 2 aromatic rings. The van der Waals surface area contributed by atoms with Crippen molar-refractivity contribution in [3.8, 4) is 0 Å². The topological polar surface area (TPSA) is 127 Å². The maximum absolute atomic E-state index is 12.5. The first-order valence-corrected chi connectivity index (χ1v) is 12.9. The van der Waals surface area contributed by atoms with Crippen molar-refractivity contribution in [1.29, 1.82) is 0 Å². The highest BCUT2D eigenvalue weighted by atomic mass is 35.5. The predicted octanol–water partition coefficient (Wildman–Crippen LogP) is 6.32. The molecule has 0 radical (unpaired) electrons. The van der Waals surface area contributed by atoms with Gasteiger partial charge in [0.15, 0.2) is 0 Å². The van der Waals surface area contributed by atoms with Gasteiger partial charge >= 0.3 is 23.9 Å². The maximum atomic E-state index is 12.5. The number of carbonyl (C=O) groups is 4. The standard InChI is InChI=1S/C20H30O4.C10H9ClO4/c1-19(2,3)13-23-17(21)12-16(15-10-8-7-9-11-15)18(22)24-14-20(4,5)6;11-8-4-2-1-3-6(8)7(10(14)15)5-9(12)13/h7-11,16H,12-14H2,1-6H3;1-4,7H,5H2,(H,12,13)(H,14,15). The van der Waals surface area contributed by atoms with Crippen LogP contribution in [0.1, 0.15) is 77.3 Å². The molecular weight excluding hydrogens is 524 g/mol. The van der Waals surface area contributed by atoms with E-state index in [0.717, 1.165) is 5.56 Å². The monoisotopic (exact) mass is 562 g/mol. The maximum Gasteiger partial charge on any atom is 0.314 e. The van der Waals surface area contributed by atoms with Crippen LogP contribution in [0.25, 0.3) is 0 Å². The van der Waals surface area contributed by atoms with Crippen molar-refractivity contribution in [3.63, 3.8) is 0 Å². The second kappa shape index (κ2) is 15.3. The number of halogens is 1. The van der Waals surface area contributed by atoms with Crippen LogP contribution in [0.15, 0.2) is 54.6 Å². The summed E-state index contributed by atoms with van der Waals surface area (Å²) in [7, 11) is 0. The molecule has 2 rings (SSSR count). The molecule has 2 aromatic carbocycles. The van der Waals surface area contributed by atoms with Gasteiger partial charge in [-0.05, 0) is 28.0 Å². The van der Waals surface area contributed by atoms with Crippen LogP contribution in [0.2, 0.25) is 5.02 Å². The Hall–Kier alpha value is -3.39. The van der Waals surface area contributed by atoms with E-state index < -0.39 is 30.2 Å². The number of hydrogen-bond acceptors (Lipinski definition) is 6.